The van der Waals surface area contributed by atoms with Gasteiger partial charge in [-0.15, -0.1) is 0 Å². The lowest BCUT2D eigenvalue weighted by atomic mass is 10.1. The molecule has 3 aromatic heterocycles. The molecule has 0 unspecified atom stereocenters. The molecule has 31 heavy (non-hydrogen) atoms. The number of nitrogen functional groups attached to an aromatic ring is 1. The number of nitrogens with zero attached hydrogens (tertiary/aromatic N) is 6. The normalized spacial score (nSPS) is 14.9. The van der Waals surface area contributed by atoms with Gasteiger partial charge in [0, 0.05) is 41.7 Å². The standard InChI is InChI=1S/C22H24N8O/c23-10-22(31)28-6-4-19(5-7-28)29-14-17(12-26-29)16-9-21-25-13-20(30(21)27-11-16)15-2-1-3-18(24)8-15/h1-3,8-9,11-14,19H,4-7,10,23-24H2. The van der Waals surface area contributed by atoms with Crippen molar-refractivity contribution < 1.29 is 4.79 Å². The second-order valence-electron chi connectivity index (χ2n) is 7.81. The van der Waals surface area contributed by atoms with E-state index in [1.54, 1.807) is 6.20 Å². The van der Waals surface area contributed by atoms with Crippen molar-refractivity contribution in [3.05, 3.63) is 55.1 Å². The van der Waals surface area contributed by atoms with E-state index in [0.717, 1.165) is 40.9 Å². The molecule has 0 bridgehead atoms. The molecule has 1 aliphatic heterocycles. The van der Waals surface area contributed by atoms with E-state index in [0.29, 0.717) is 18.8 Å². The second kappa shape index (κ2) is 7.84. The Kier molecular flexibility index (Phi) is 4.87. The van der Waals surface area contributed by atoms with E-state index in [2.05, 4.69) is 15.2 Å². The van der Waals surface area contributed by atoms with Crippen LogP contribution in [0.4, 0.5) is 5.69 Å². The second-order valence-corrected chi connectivity index (χ2v) is 7.81. The van der Waals surface area contributed by atoms with Crippen molar-refractivity contribution in [2.24, 2.45) is 5.73 Å². The van der Waals surface area contributed by atoms with Gasteiger partial charge in [0.25, 0.3) is 0 Å². The van der Waals surface area contributed by atoms with Crippen molar-refractivity contribution in [2.45, 2.75) is 18.9 Å². The number of hydrogen-bond acceptors (Lipinski definition) is 6. The molecule has 4 aromatic rings. The van der Waals surface area contributed by atoms with Crippen LogP contribution in [0.1, 0.15) is 18.9 Å². The number of piperidine rings is 1. The van der Waals surface area contributed by atoms with Gasteiger partial charge >= 0.3 is 0 Å². The molecule has 1 aromatic carbocycles. The number of rotatable bonds is 4. The maximum atomic E-state index is 11.8. The average Bonchev–Trinajstić information content (AvgIpc) is 3.46. The van der Waals surface area contributed by atoms with E-state index in [1.807, 2.05) is 63.0 Å². The number of imidazole rings is 1. The summed E-state index contributed by atoms with van der Waals surface area (Å²) < 4.78 is 3.81. The van der Waals surface area contributed by atoms with E-state index in [-0.39, 0.29) is 18.5 Å². The number of amides is 1. The number of carbonyl (C=O) groups is 1. The number of benzene rings is 1. The molecule has 1 fully saturated rings. The van der Waals surface area contributed by atoms with E-state index in [4.69, 9.17) is 11.5 Å². The number of likely N-dealkylation sites (tertiary alicyclic amines) is 1. The molecular formula is C22H24N8O. The van der Waals surface area contributed by atoms with Crippen molar-refractivity contribution >= 4 is 17.2 Å². The highest BCUT2D eigenvalue weighted by molar-refractivity contribution is 5.78. The number of aromatic nitrogens is 5. The average molecular weight is 416 g/mol. The summed E-state index contributed by atoms with van der Waals surface area (Å²) in [7, 11) is 0. The lowest BCUT2D eigenvalue weighted by Gasteiger charge is -2.31. The molecule has 4 heterocycles. The van der Waals surface area contributed by atoms with Gasteiger partial charge in [-0.3, -0.25) is 9.48 Å². The molecule has 9 heteroatoms. The van der Waals surface area contributed by atoms with E-state index >= 15 is 0 Å². The minimum Gasteiger partial charge on any atom is -0.399 e. The van der Waals surface area contributed by atoms with Gasteiger partial charge in [0.1, 0.15) is 0 Å². The van der Waals surface area contributed by atoms with Crippen molar-refractivity contribution in [2.75, 3.05) is 25.4 Å². The zero-order valence-electron chi connectivity index (χ0n) is 17.1. The minimum absolute atomic E-state index is 0.0104. The third-order valence-electron chi connectivity index (χ3n) is 5.84. The number of fused-ring (bicyclic) bond motifs is 1. The van der Waals surface area contributed by atoms with Crippen LogP contribution in [0.25, 0.3) is 28.0 Å². The summed E-state index contributed by atoms with van der Waals surface area (Å²) in [5.41, 5.74) is 16.7. The Labute approximate surface area is 179 Å². The Hall–Kier alpha value is -3.72. The first-order chi connectivity index (χ1) is 15.1. The van der Waals surface area contributed by atoms with Crippen LogP contribution < -0.4 is 11.5 Å². The van der Waals surface area contributed by atoms with Gasteiger partial charge < -0.3 is 16.4 Å². The highest BCUT2D eigenvalue weighted by Crippen LogP contribution is 2.27. The van der Waals surface area contributed by atoms with Crippen LogP contribution in [0, 0.1) is 0 Å². The zero-order chi connectivity index (χ0) is 21.4. The summed E-state index contributed by atoms with van der Waals surface area (Å²) >= 11 is 0. The van der Waals surface area contributed by atoms with Gasteiger partial charge in [0.05, 0.1) is 36.9 Å². The lowest BCUT2D eigenvalue weighted by molar-refractivity contribution is -0.130. The lowest BCUT2D eigenvalue weighted by Crippen LogP contribution is -2.42. The van der Waals surface area contributed by atoms with Crippen LogP contribution in [0.2, 0.25) is 0 Å². The quantitative estimate of drug-likeness (QED) is 0.491. The van der Waals surface area contributed by atoms with Crippen LogP contribution in [-0.2, 0) is 4.79 Å². The molecule has 5 rings (SSSR count). The van der Waals surface area contributed by atoms with E-state index in [1.165, 1.54) is 0 Å². The third-order valence-corrected chi connectivity index (χ3v) is 5.84. The summed E-state index contributed by atoms with van der Waals surface area (Å²) in [6.45, 7) is 1.49. The number of anilines is 1. The third kappa shape index (κ3) is 3.64. The van der Waals surface area contributed by atoms with Crippen LogP contribution in [0.15, 0.2) is 55.1 Å². The zero-order valence-corrected chi connectivity index (χ0v) is 17.1. The first kappa shape index (κ1) is 19.3. The molecule has 1 amide bonds. The topological polar surface area (TPSA) is 120 Å². The summed E-state index contributed by atoms with van der Waals surface area (Å²) in [6, 6.07) is 9.96. The Balaban J connectivity index is 1.36. The molecule has 0 atom stereocenters. The molecule has 1 saturated heterocycles. The Morgan fingerprint density at radius 2 is 1.84 bits per heavy atom. The molecule has 1 aliphatic rings. The van der Waals surface area contributed by atoms with E-state index in [9.17, 15) is 4.79 Å². The predicted octanol–water partition coefficient (Wildman–Crippen LogP) is 1.96. The van der Waals surface area contributed by atoms with Crippen LogP contribution in [0.5, 0.6) is 0 Å². The Morgan fingerprint density at radius 1 is 1.03 bits per heavy atom. The maximum absolute atomic E-state index is 11.8. The van der Waals surface area contributed by atoms with Gasteiger partial charge in [-0.2, -0.15) is 10.2 Å². The van der Waals surface area contributed by atoms with Crippen molar-refractivity contribution in [1.82, 2.24) is 29.3 Å². The highest BCUT2D eigenvalue weighted by Gasteiger charge is 2.23. The van der Waals surface area contributed by atoms with Gasteiger partial charge in [-0.25, -0.2) is 9.50 Å². The fourth-order valence-electron chi connectivity index (χ4n) is 4.12. The number of hydrogen-bond donors (Lipinski definition) is 2. The molecule has 0 radical (unpaired) electrons. The fraction of sp³-hybridized carbons (Fsp3) is 0.273. The monoisotopic (exact) mass is 416 g/mol. The van der Waals surface area contributed by atoms with Crippen molar-refractivity contribution in [3.63, 3.8) is 0 Å². The summed E-state index contributed by atoms with van der Waals surface area (Å²) in [5, 5.41) is 9.17. The van der Waals surface area contributed by atoms with E-state index < -0.39 is 0 Å². The minimum atomic E-state index is 0.0104. The fourth-order valence-corrected chi connectivity index (χ4v) is 4.12. The van der Waals surface area contributed by atoms with Crippen LogP contribution >= 0.6 is 0 Å². The molecule has 0 aliphatic carbocycles. The van der Waals surface area contributed by atoms with Gasteiger partial charge in [0.2, 0.25) is 5.91 Å². The molecule has 4 N–H and O–H groups in total. The molecule has 0 spiro atoms. The van der Waals surface area contributed by atoms with Gasteiger partial charge in [-0.05, 0) is 31.0 Å². The maximum Gasteiger partial charge on any atom is 0.236 e. The van der Waals surface area contributed by atoms with Crippen molar-refractivity contribution in [1.29, 1.82) is 0 Å². The summed E-state index contributed by atoms with van der Waals surface area (Å²) in [4.78, 5) is 18.1. The first-order valence-corrected chi connectivity index (χ1v) is 10.3. The number of carbonyl (C=O) groups excluding carboxylic acids is 1. The number of nitrogens with two attached hydrogens (primary N) is 2. The first-order valence-electron chi connectivity index (χ1n) is 10.3. The predicted molar refractivity (Wildman–Crippen MR) is 118 cm³/mol. The molecule has 9 nitrogen and oxygen atoms in total. The molecule has 158 valence electrons. The Bertz CT molecular complexity index is 1240. The Morgan fingerprint density at radius 3 is 2.61 bits per heavy atom. The van der Waals surface area contributed by atoms with Gasteiger partial charge in [-0.1, -0.05) is 12.1 Å². The van der Waals surface area contributed by atoms with Gasteiger partial charge in [0.15, 0.2) is 5.65 Å². The molecule has 0 saturated carbocycles. The highest BCUT2D eigenvalue weighted by atomic mass is 16.2. The van der Waals surface area contributed by atoms with Crippen LogP contribution in [-0.4, -0.2) is 54.8 Å². The summed E-state index contributed by atoms with van der Waals surface area (Å²) in [5.74, 6) is 0.0104. The van der Waals surface area contributed by atoms with Crippen LogP contribution in [0.3, 0.4) is 0 Å². The molecular weight excluding hydrogens is 392 g/mol. The summed E-state index contributed by atoms with van der Waals surface area (Å²) in [6.07, 6.45) is 9.27. The van der Waals surface area contributed by atoms with Crippen molar-refractivity contribution in [3.8, 4) is 22.4 Å². The SMILES string of the molecule is NCC(=O)N1CCC(n2cc(-c3cnn4c(-c5cccc(N)c5)cnc4c3)cn2)CC1. The largest absolute Gasteiger partial charge is 0.399 e. The smallest absolute Gasteiger partial charge is 0.236 e.